The molecule has 1 aliphatic heterocycles. The van der Waals surface area contributed by atoms with Gasteiger partial charge in [0, 0.05) is 25.3 Å². The third-order valence-electron chi connectivity index (χ3n) is 3.48. The van der Waals surface area contributed by atoms with Crippen molar-refractivity contribution in [2.75, 3.05) is 50.6 Å². The van der Waals surface area contributed by atoms with Crippen molar-refractivity contribution in [2.45, 2.75) is 0 Å². The highest BCUT2D eigenvalue weighted by molar-refractivity contribution is 7.86. The van der Waals surface area contributed by atoms with Crippen LogP contribution in [0.1, 0.15) is 10.4 Å². The first-order valence-electron chi connectivity index (χ1n) is 7.31. The summed E-state index contributed by atoms with van der Waals surface area (Å²) in [6, 6.07) is 4.22. The highest BCUT2D eigenvalue weighted by Crippen LogP contribution is 2.20. The zero-order valence-corrected chi connectivity index (χ0v) is 14.5. The quantitative estimate of drug-likeness (QED) is 0.511. The van der Waals surface area contributed by atoms with E-state index in [9.17, 15) is 13.2 Å². The van der Waals surface area contributed by atoms with Gasteiger partial charge >= 0.3 is 5.97 Å². The van der Waals surface area contributed by atoms with Crippen molar-refractivity contribution in [3.8, 4) is 0 Å². The Morgan fingerprint density at radius 1 is 1.38 bits per heavy atom. The molecule has 1 aromatic rings. The standard InChI is InChI=1S/C14H19ClN2O6S/c15-13-9-11(1-2-12(13)14(18)19)16-10-23-24(20,21)8-5-17-3-6-22-7-4-17/h1-2,9,16H,3-8,10H2,(H,18,19). The molecule has 8 nitrogen and oxygen atoms in total. The highest BCUT2D eigenvalue weighted by Gasteiger charge is 2.16. The molecule has 10 heteroatoms. The van der Waals surface area contributed by atoms with Crippen LogP contribution in [0.5, 0.6) is 0 Å². The summed E-state index contributed by atoms with van der Waals surface area (Å²) in [5.41, 5.74) is 0.439. The molecular weight excluding hydrogens is 360 g/mol. The summed E-state index contributed by atoms with van der Waals surface area (Å²) < 4.78 is 33.8. The number of rotatable bonds is 8. The van der Waals surface area contributed by atoms with Crippen LogP contribution < -0.4 is 5.32 Å². The molecule has 1 fully saturated rings. The Hall–Kier alpha value is -1.39. The highest BCUT2D eigenvalue weighted by atomic mass is 35.5. The lowest BCUT2D eigenvalue weighted by Gasteiger charge is -2.26. The van der Waals surface area contributed by atoms with E-state index in [0.717, 1.165) is 0 Å². The van der Waals surface area contributed by atoms with Crippen molar-refractivity contribution in [2.24, 2.45) is 0 Å². The van der Waals surface area contributed by atoms with Gasteiger partial charge in [0.25, 0.3) is 10.1 Å². The van der Waals surface area contributed by atoms with Gasteiger partial charge < -0.3 is 15.2 Å². The number of carboxylic acids is 1. The van der Waals surface area contributed by atoms with Crippen LogP contribution in [-0.4, -0.2) is 69.7 Å². The smallest absolute Gasteiger partial charge is 0.337 e. The SMILES string of the molecule is O=C(O)c1ccc(NCOS(=O)(=O)CCN2CCOCC2)cc1Cl. The molecule has 2 N–H and O–H groups in total. The molecule has 0 unspecified atom stereocenters. The minimum Gasteiger partial charge on any atom is -0.478 e. The molecule has 0 aliphatic carbocycles. The summed E-state index contributed by atoms with van der Waals surface area (Å²) in [6.07, 6.45) is 0. The summed E-state index contributed by atoms with van der Waals surface area (Å²) in [5, 5.41) is 11.7. The summed E-state index contributed by atoms with van der Waals surface area (Å²) in [5.74, 6) is -1.23. The molecule has 1 aromatic carbocycles. The number of aromatic carboxylic acids is 1. The number of ether oxygens (including phenoxy) is 1. The second-order valence-electron chi connectivity index (χ2n) is 5.15. The monoisotopic (exact) mass is 378 g/mol. The lowest BCUT2D eigenvalue weighted by molar-refractivity contribution is 0.0405. The first-order valence-corrected chi connectivity index (χ1v) is 9.27. The second kappa shape index (κ2) is 8.63. The van der Waals surface area contributed by atoms with Crippen molar-refractivity contribution in [3.05, 3.63) is 28.8 Å². The zero-order valence-electron chi connectivity index (χ0n) is 12.9. The zero-order chi connectivity index (χ0) is 17.6. The number of nitrogens with one attached hydrogen (secondary N) is 1. The van der Waals surface area contributed by atoms with Crippen molar-refractivity contribution < 1.29 is 27.2 Å². The van der Waals surface area contributed by atoms with Gasteiger partial charge in [-0.25, -0.2) is 8.98 Å². The molecule has 134 valence electrons. The average molecular weight is 379 g/mol. The summed E-state index contributed by atoms with van der Waals surface area (Å²) in [4.78, 5) is 12.9. The van der Waals surface area contributed by atoms with Gasteiger partial charge in [-0.05, 0) is 18.2 Å². The Morgan fingerprint density at radius 2 is 2.08 bits per heavy atom. The van der Waals surface area contributed by atoms with Crippen LogP contribution in [0, 0.1) is 0 Å². The molecular formula is C14H19ClN2O6S. The predicted octanol–water partition coefficient (Wildman–Crippen LogP) is 1.09. The van der Waals surface area contributed by atoms with Crippen LogP contribution >= 0.6 is 11.6 Å². The fourth-order valence-electron chi connectivity index (χ4n) is 2.13. The molecule has 0 aromatic heterocycles. The number of hydrogen-bond donors (Lipinski definition) is 2. The fourth-order valence-corrected chi connectivity index (χ4v) is 3.23. The third kappa shape index (κ3) is 5.91. The molecule has 0 amide bonds. The van der Waals surface area contributed by atoms with E-state index < -0.39 is 16.1 Å². The van der Waals surface area contributed by atoms with E-state index in [1.165, 1.54) is 18.2 Å². The van der Waals surface area contributed by atoms with Crippen LogP contribution in [0.2, 0.25) is 5.02 Å². The average Bonchev–Trinajstić information content (AvgIpc) is 2.54. The topological polar surface area (TPSA) is 105 Å². The number of carboxylic acid groups (broad SMARTS) is 1. The van der Waals surface area contributed by atoms with Crippen LogP contribution in [-0.2, 0) is 19.0 Å². The van der Waals surface area contributed by atoms with Gasteiger partial charge in [0.2, 0.25) is 0 Å². The molecule has 24 heavy (non-hydrogen) atoms. The van der Waals surface area contributed by atoms with Crippen LogP contribution in [0.15, 0.2) is 18.2 Å². The first-order chi connectivity index (χ1) is 11.4. The molecule has 0 spiro atoms. The van der Waals surface area contributed by atoms with Gasteiger partial charge in [0.1, 0.15) is 6.73 Å². The normalized spacial score (nSPS) is 16.0. The molecule has 0 atom stereocenters. The largest absolute Gasteiger partial charge is 0.478 e. The number of anilines is 1. The molecule has 0 saturated carbocycles. The summed E-state index contributed by atoms with van der Waals surface area (Å²) >= 11 is 5.83. The number of halogens is 1. The number of morpholine rings is 1. The van der Waals surface area contributed by atoms with Crippen molar-refractivity contribution >= 4 is 33.4 Å². The number of nitrogens with zero attached hydrogens (tertiary/aromatic N) is 1. The maximum atomic E-state index is 11.8. The van der Waals surface area contributed by atoms with Gasteiger partial charge in [-0.2, -0.15) is 8.42 Å². The summed E-state index contributed by atoms with van der Waals surface area (Å²) in [6.45, 7) is 2.77. The Morgan fingerprint density at radius 3 is 2.71 bits per heavy atom. The van der Waals surface area contributed by atoms with Gasteiger partial charge in [-0.1, -0.05) is 11.6 Å². The van der Waals surface area contributed by atoms with E-state index >= 15 is 0 Å². The van der Waals surface area contributed by atoms with E-state index in [1.54, 1.807) is 0 Å². The molecule has 1 heterocycles. The van der Waals surface area contributed by atoms with Crippen LogP contribution in [0.3, 0.4) is 0 Å². The van der Waals surface area contributed by atoms with Gasteiger partial charge in [-0.15, -0.1) is 0 Å². The molecule has 1 saturated heterocycles. The lowest BCUT2D eigenvalue weighted by Crippen LogP contribution is -2.39. The Kier molecular flexibility index (Phi) is 6.81. The Bertz CT molecular complexity index is 676. The predicted molar refractivity (Wildman–Crippen MR) is 89.0 cm³/mol. The van der Waals surface area contributed by atoms with Crippen molar-refractivity contribution in [3.63, 3.8) is 0 Å². The Labute approximate surface area is 145 Å². The van der Waals surface area contributed by atoms with E-state index in [4.69, 9.17) is 25.6 Å². The van der Waals surface area contributed by atoms with Crippen molar-refractivity contribution in [1.82, 2.24) is 4.90 Å². The minimum absolute atomic E-state index is 0.0266. The molecule has 0 radical (unpaired) electrons. The number of hydrogen-bond acceptors (Lipinski definition) is 7. The van der Waals surface area contributed by atoms with E-state index in [1.807, 2.05) is 4.90 Å². The molecule has 0 bridgehead atoms. The maximum absolute atomic E-state index is 11.8. The second-order valence-corrected chi connectivity index (χ2v) is 7.32. The summed E-state index contributed by atoms with van der Waals surface area (Å²) in [7, 11) is -3.65. The van der Waals surface area contributed by atoms with E-state index in [2.05, 4.69) is 5.32 Å². The van der Waals surface area contributed by atoms with Gasteiger partial charge in [-0.3, -0.25) is 4.90 Å². The van der Waals surface area contributed by atoms with E-state index in [0.29, 0.717) is 38.5 Å². The lowest BCUT2D eigenvalue weighted by atomic mass is 10.2. The number of carbonyl (C=O) groups is 1. The first kappa shape index (κ1) is 18.9. The third-order valence-corrected chi connectivity index (χ3v) is 4.95. The fraction of sp³-hybridized carbons (Fsp3) is 0.500. The minimum atomic E-state index is -3.65. The van der Waals surface area contributed by atoms with Gasteiger partial charge in [0.05, 0.1) is 29.6 Å². The molecule has 2 rings (SSSR count). The van der Waals surface area contributed by atoms with E-state index in [-0.39, 0.29) is 23.1 Å². The van der Waals surface area contributed by atoms with Crippen molar-refractivity contribution in [1.29, 1.82) is 0 Å². The van der Waals surface area contributed by atoms with Gasteiger partial charge in [0.15, 0.2) is 0 Å². The maximum Gasteiger partial charge on any atom is 0.337 e. The number of benzene rings is 1. The van der Waals surface area contributed by atoms with Crippen LogP contribution in [0.25, 0.3) is 0 Å². The Balaban J connectivity index is 1.77. The molecule has 1 aliphatic rings. The van der Waals surface area contributed by atoms with Crippen LogP contribution in [0.4, 0.5) is 5.69 Å².